The number of amides is 1. The summed E-state index contributed by atoms with van der Waals surface area (Å²) in [6, 6.07) is 3.74. The minimum Gasteiger partial charge on any atom is -0.390 e. The molecule has 1 aliphatic heterocycles. The van der Waals surface area contributed by atoms with Crippen LogP contribution in [0.2, 0.25) is 5.02 Å². The molecule has 18 heavy (non-hydrogen) atoms. The van der Waals surface area contributed by atoms with Crippen molar-refractivity contribution in [2.24, 2.45) is 0 Å². The van der Waals surface area contributed by atoms with E-state index in [1.165, 1.54) is 30.1 Å². The van der Waals surface area contributed by atoms with Gasteiger partial charge >= 0.3 is 0 Å². The highest BCUT2D eigenvalue weighted by Gasteiger charge is 2.33. The Balaban J connectivity index is 2.26. The Labute approximate surface area is 109 Å². The lowest BCUT2D eigenvalue weighted by Crippen LogP contribution is -2.44. The van der Waals surface area contributed by atoms with E-state index in [9.17, 15) is 14.3 Å². The first-order valence-electron chi connectivity index (χ1n) is 5.62. The fourth-order valence-corrected chi connectivity index (χ4v) is 2.32. The molecule has 2 atom stereocenters. The van der Waals surface area contributed by atoms with E-state index in [-0.39, 0.29) is 16.6 Å². The summed E-state index contributed by atoms with van der Waals surface area (Å²) in [6.07, 6.45) is -0.649. The summed E-state index contributed by atoms with van der Waals surface area (Å²) in [5.74, 6) is -1.18. The van der Waals surface area contributed by atoms with Gasteiger partial charge in [0.15, 0.2) is 0 Å². The Kier molecular flexibility index (Phi) is 3.85. The maximum Gasteiger partial charge on any atom is 0.258 e. The number of halogens is 2. The number of benzene rings is 1. The van der Waals surface area contributed by atoms with Gasteiger partial charge in [-0.15, -0.1) is 0 Å². The molecule has 1 aliphatic rings. The number of aliphatic hydroxyl groups excluding tert-OH is 1. The van der Waals surface area contributed by atoms with Gasteiger partial charge in [-0.1, -0.05) is 17.7 Å². The maximum atomic E-state index is 13.6. The van der Waals surface area contributed by atoms with Crippen LogP contribution in [0.3, 0.4) is 0 Å². The van der Waals surface area contributed by atoms with E-state index in [4.69, 9.17) is 11.6 Å². The zero-order valence-electron chi connectivity index (χ0n) is 9.86. The first-order valence-corrected chi connectivity index (χ1v) is 6.00. The number of β-amino-alcohol motifs (C(OH)–C–C–N with tert-alkyl or cyclic N) is 1. The van der Waals surface area contributed by atoms with E-state index in [1.807, 2.05) is 0 Å². The first kappa shape index (κ1) is 13.3. The molecule has 0 aromatic heterocycles. The molecular weight excluding hydrogens is 259 g/mol. The number of rotatable bonds is 2. The van der Waals surface area contributed by atoms with Crippen LogP contribution in [-0.4, -0.2) is 48.2 Å². The number of nitrogens with zero attached hydrogens (tertiary/aromatic N) is 1. The predicted octanol–water partition coefficient (Wildman–Crippen LogP) is 0.884. The lowest BCUT2D eigenvalue weighted by molar-refractivity contribution is 0.0577. The Morgan fingerprint density at radius 2 is 2.28 bits per heavy atom. The molecule has 1 aromatic carbocycles. The maximum absolute atomic E-state index is 13.6. The number of hydrogen-bond donors (Lipinski definition) is 2. The molecule has 0 spiro atoms. The van der Waals surface area contributed by atoms with Gasteiger partial charge in [0, 0.05) is 20.1 Å². The molecule has 0 saturated carbocycles. The molecule has 1 aromatic rings. The topological polar surface area (TPSA) is 52.6 Å². The van der Waals surface area contributed by atoms with E-state index >= 15 is 0 Å². The van der Waals surface area contributed by atoms with Gasteiger partial charge in [-0.25, -0.2) is 4.39 Å². The Morgan fingerprint density at radius 3 is 2.83 bits per heavy atom. The monoisotopic (exact) mass is 272 g/mol. The van der Waals surface area contributed by atoms with Crippen LogP contribution in [0.1, 0.15) is 10.4 Å². The summed E-state index contributed by atoms with van der Waals surface area (Å²) in [5, 5.41) is 12.8. The smallest absolute Gasteiger partial charge is 0.258 e. The minimum absolute atomic E-state index is 0.0762. The third kappa shape index (κ3) is 2.34. The molecule has 1 amide bonds. The van der Waals surface area contributed by atoms with Crippen LogP contribution in [0.15, 0.2) is 18.2 Å². The van der Waals surface area contributed by atoms with Gasteiger partial charge in [-0.2, -0.15) is 0 Å². The molecule has 6 heteroatoms. The number of likely N-dealkylation sites (N-methyl/N-ethyl adjacent to an activating group) is 1. The van der Waals surface area contributed by atoms with Crippen molar-refractivity contribution in [2.75, 3.05) is 20.1 Å². The van der Waals surface area contributed by atoms with E-state index < -0.39 is 17.8 Å². The van der Waals surface area contributed by atoms with Crippen molar-refractivity contribution in [3.63, 3.8) is 0 Å². The fraction of sp³-hybridized carbons (Fsp3) is 0.417. The standard InChI is InChI=1S/C12H14ClFN2O2/c1-16(9-5-15-6-10(9)17)12(18)11-7(13)3-2-4-8(11)14/h2-4,9-10,15,17H,5-6H2,1H3/t9-,10-/m1/s1. The van der Waals surface area contributed by atoms with E-state index in [0.717, 1.165) is 0 Å². The molecule has 2 rings (SSSR count). The second-order valence-corrected chi connectivity index (χ2v) is 4.71. The summed E-state index contributed by atoms with van der Waals surface area (Å²) in [6.45, 7) is 0.906. The summed E-state index contributed by atoms with van der Waals surface area (Å²) >= 11 is 5.85. The lowest BCUT2D eigenvalue weighted by atomic mass is 10.1. The van der Waals surface area contributed by atoms with Crippen molar-refractivity contribution in [1.82, 2.24) is 10.2 Å². The summed E-state index contributed by atoms with van der Waals surface area (Å²) in [7, 11) is 1.53. The molecule has 0 aliphatic carbocycles. The average molecular weight is 273 g/mol. The zero-order valence-corrected chi connectivity index (χ0v) is 10.6. The first-order chi connectivity index (χ1) is 8.52. The highest BCUT2D eigenvalue weighted by atomic mass is 35.5. The van der Waals surface area contributed by atoms with Gasteiger partial charge in [-0.3, -0.25) is 4.79 Å². The fourth-order valence-electron chi connectivity index (χ4n) is 2.08. The van der Waals surface area contributed by atoms with Crippen LogP contribution in [-0.2, 0) is 0 Å². The molecule has 1 heterocycles. The Hall–Kier alpha value is -1.17. The second-order valence-electron chi connectivity index (χ2n) is 4.31. The molecule has 2 N–H and O–H groups in total. The minimum atomic E-state index is -0.653. The number of nitrogens with one attached hydrogen (secondary N) is 1. The molecule has 0 bridgehead atoms. The number of hydrogen-bond acceptors (Lipinski definition) is 3. The van der Waals surface area contributed by atoms with Crippen molar-refractivity contribution in [2.45, 2.75) is 12.1 Å². The Bertz CT molecular complexity index is 449. The molecule has 98 valence electrons. The highest BCUT2D eigenvalue weighted by Crippen LogP contribution is 2.22. The van der Waals surface area contributed by atoms with E-state index in [0.29, 0.717) is 13.1 Å². The van der Waals surface area contributed by atoms with Gasteiger partial charge in [-0.05, 0) is 12.1 Å². The van der Waals surface area contributed by atoms with Crippen LogP contribution < -0.4 is 5.32 Å². The zero-order chi connectivity index (χ0) is 13.3. The van der Waals surface area contributed by atoms with Crippen molar-refractivity contribution < 1.29 is 14.3 Å². The Morgan fingerprint density at radius 1 is 1.56 bits per heavy atom. The van der Waals surface area contributed by atoms with Gasteiger partial charge in [0.2, 0.25) is 0 Å². The SMILES string of the molecule is CN(C(=O)c1c(F)cccc1Cl)[C@@H]1CNC[C@H]1O. The van der Waals surface area contributed by atoms with E-state index in [2.05, 4.69) is 5.32 Å². The van der Waals surface area contributed by atoms with Crippen LogP contribution in [0, 0.1) is 5.82 Å². The number of carbonyl (C=O) groups is 1. The quantitative estimate of drug-likeness (QED) is 0.841. The molecule has 1 fully saturated rings. The van der Waals surface area contributed by atoms with Gasteiger partial charge in [0.05, 0.1) is 22.7 Å². The molecular formula is C12H14ClFN2O2. The molecule has 0 radical (unpaired) electrons. The van der Waals surface area contributed by atoms with Crippen molar-refractivity contribution >= 4 is 17.5 Å². The van der Waals surface area contributed by atoms with Crippen LogP contribution >= 0.6 is 11.6 Å². The lowest BCUT2D eigenvalue weighted by Gasteiger charge is -2.26. The van der Waals surface area contributed by atoms with Gasteiger partial charge in [0.25, 0.3) is 5.91 Å². The molecule has 0 unspecified atom stereocenters. The van der Waals surface area contributed by atoms with Crippen LogP contribution in [0.4, 0.5) is 4.39 Å². The van der Waals surface area contributed by atoms with Crippen molar-refractivity contribution in [1.29, 1.82) is 0 Å². The molecule has 4 nitrogen and oxygen atoms in total. The number of aliphatic hydroxyl groups is 1. The summed E-state index contributed by atoms with van der Waals surface area (Å²) in [5.41, 5.74) is -0.152. The summed E-state index contributed by atoms with van der Waals surface area (Å²) < 4.78 is 13.6. The normalized spacial score (nSPS) is 23.1. The van der Waals surface area contributed by atoms with Gasteiger partial charge < -0.3 is 15.3 Å². The van der Waals surface area contributed by atoms with E-state index in [1.54, 1.807) is 0 Å². The predicted molar refractivity (Wildman–Crippen MR) is 66.2 cm³/mol. The largest absolute Gasteiger partial charge is 0.390 e. The number of carbonyl (C=O) groups excluding carboxylic acids is 1. The third-order valence-corrected chi connectivity index (χ3v) is 3.46. The van der Waals surface area contributed by atoms with Crippen LogP contribution in [0.5, 0.6) is 0 Å². The van der Waals surface area contributed by atoms with Crippen LogP contribution in [0.25, 0.3) is 0 Å². The summed E-state index contributed by atoms with van der Waals surface area (Å²) in [4.78, 5) is 13.5. The van der Waals surface area contributed by atoms with Crippen molar-refractivity contribution in [3.05, 3.63) is 34.6 Å². The second kappa shape index (κ2) is 5.22. The molecule has 1 saturated heterocycles. The van der Waals surface area contributed by atoms with Gasteiger partial charge in [0.1, 0.15) is 5.82 Å². The van der Waals surface area contributed by atoms with Crippen molar-refractivity contribution in [3.8, 4) is 0 Å². The third-order valence-electron chi connectivity index (χ3n) is 3.15. The average Bonchev–Trinajstić information content (AvgIpc) is 2.74. The highest BCUT2D eigenvalue weighted by molar-refractivity contribution is 6.33.